The van der Waals surface area contributed by atoms with Crippen LogP contribution in [0.25, 0.3) is 11.3 Å². The molecule has 0 atom stereocenters. The van der Waals surface area contributed by atoms with E-state index in [1.807, 2.05) is 0 Å². The van der Waals surface area contributed by atoms with Crippen LogP contribution in [0, 0.1) is 17.1 Å². The van der Waals surface area contributed by atoms with Crippen molar-refractivity contribution in [2.24, 2.45) is 0 Å². The molecule has 0 unspecified atom stereocenters. The summed E-state index contributed by atoms with van der Waals surface area (Å²) >= 11 is 0. The van der Waals surface area contributed by atoms with Crippen molar-refractivity contribution in [2.45, 2.75) is 25.7 Å². The van der Waals surface area contributed by atoms with E-state index in [1.54, 1.807) is 18.2 Å². The van der Waals surface area contributed by atoms with Crippen LogP contribution < -0.4 is 5.73 Å². The van der Waals surface area contributed by atoms with Gasteiger partial charge in [0.05, 0.1) is 11.4 Å². The first-order valence-corrected chi connectivity index (χ1v) is 6.68. The van der Waals surface area contributed by atoms with E-state index < -0.39 is 0 Å². The van der Waals surface area contributed by atoms with Gasteiger partial charge in [0.15, 0.2) is 0 Å². The Morgan fingerprint density at radius 3 is 2.70 bits per heavy atom. The first-order valence-electron chi connectivity index (χ1n) is 6.68. The summed E-state index contributed by atoms with van der Waals surface area (Å²) < 4.78 is 14.0. The number of halogens is 1. The van der Waals surface area contributed by atoms with Crippen molar-refractivity contribution >= 4 is 5.69 Å². The van der Waals surface area contributed by atoms with Gasteiger partial charge >= 0.3 is 0 Å². The van der Waals surface area contributed by atoms with E-state index in [0.717, 1.165) is 36.9 Å². The van der Waals surface area contributed by atoms with E-state index in [9.17, 15) is 9.65 Å². The first-order chi connectivity index (χ1) is 9.72. The van der Waals surface area contributed by atoms with E-state index >= 15 is 0 Å². The van der Waals surface area contributed by atoms with Gasteiger partial charge in [-0.25, -0.2) is 4.39 Å². The van der Waals surface area contributed by atoms with Gasteiger partial charge in [-0.2, -0.15) is 5.26 Å². The molecular formula is C16H14FN3. The number of benzene rings is 1. The third kappa shape index (κ3) is 1.92. The normalized spacial score (nSPS) is 13.6. The average molecular weight is 267 g/mol. The van der Waals surface area contributed by atoms with Crippen molar-refractivity contribution in [3.63, 3.8) is 0 Å². The highest BCUT2D eigenvalue weighted by Gasteiger charge is 2.22. The highest BCUT2D eigenvalue weighted by atomic mass is 19.1. The van der Waals surface area contributed by atoms with Gasteiger partial charge in [-0.1, -0.05) is 12.1 Å². The maximum Gasteiger partial charge on any atom is 0.132 e. The summed E-state index contributed by atoms with van der Waals surface area (Å²) in [5.41, 5.74) is 9.45. The van der Waals surface area contributed by atoms with Gasteiger partial charge in [0.25, 0.3) is 0 Å². The number of aromatic nitrogens is 1. The molecule has 3 nitrogen and oxygen atoms in total. The predicted molar refractivity (Wildman–Crippen MR) is 75.4 cm³/mol. The van der Waals surface area contributed by atoms with Crippen molar-refractivity contribution in [3.8, 4) is 17.3 Å². The Morgan fingerprint density at radius 2 is 1.95 bits per heavy atom. The summed E-state index contributed by atoms with van der Waals surface area (Å²) in [5, 5.41) is 9.36. The zero-order chi connectivity index (χ0) is 14.1. The molecule has 1 heterocycles. The van der Waals surface area contributed by atoms with Gasteiger partial charge in [0.2, 0.25) is 0 Å². The molecule has 0 spiro atoms. The maximum atomic E-state index is 14.0. The molecule has 1 aromatic heterocycles. The first kappa shape index (κ1) is 12.6. The van der Waals surface area contributed by atoms with Gasteiger partial charge in [-0.15, -0.1) is 0 Å². The Balaban J connectivity index is 2.29. The van der Waals surface area contributed by atoms with Crippen LogP contribution in [-0.2, 0) is 12.8 Å². The van der Waals surface area contributed by atoms with Gasteiger partial charge in [-0.05, 0) is 43.4 Å². The molecule has 0 saturated heterocycles. The Morgan fingerprint density at radius 1 is 1.20 bits per heavy atom. The summed E-state index contributed by atoms with van der Waals surface area (Å²) in [6.07, 6.45) is 3.80. The van der Waals surface area contributed by atoms with E-state index in [-0.39, 0.29) is 11.4 Å². The smallest absolute Gasteiger partial charge is 0.132 e. The molecule has 100 valence electrons. The molecule has 4 heteroatoms. The molecular weight excluding hydrogens is 253 g/mol. The Labute approximate surface area is 116 Å². The number of hydrogen-bond acceptors (Lipinski definition) is 3. The molecule has 0 bridgehead atoms. The Hall–Kier alpha value is -2.41. The van der Waals surface area contributed by atoms with E-state index in [2.05, 4.69) is 11.1 Å². The van der Waals surface area contributed by atoms with Gasteiger partial charge in [-0.3, -0.25) is 4.98 Å². The van der Waals surface area contributed by atoms with Crippen LogP contribution in [-0.4, -0.2) is 4.98 Å². The fraction of sp³-hybridized carbons (Fsp3) is 0.250. The molecule has 2 N–H and O–H groups in total. The summed E-state index contributed by atoms with van der Waals surface area (Å²) in [5.74, 6) is -0.383. The summed E-state index contributed by atoms with van der Waals surface area (Å²) in [6, 6.07) is 8.44. The fourth-order valence-corrected chi connectivity index (χ4v) is 2.73. The molecule has 1 aliphatic rings. The molecule has 20 heavy (non-hydrogen) atoms. The van der Waals surface area contributed by atoms with Crippen molar-refractivity contribution in [1.29, 1.82) is 5.26 Å². The van der Waals surface area contributed by atoms with Crippen molar-refractivity contribution in [3.05, 3.63) is 46.9 Å². The Bertz CT molecular complexity index is 716. The highest BCUT2D eigenvalue weighted by molar-refractivity contribution is 5.76. The van der Waals surface area contributed by atoms with Crippen LogP contribution in [0.4, 0.5) is 10.1 Å². The van der Waals surface area contributed by atoms with E-state index in [4.69, 9.17) is 5.73 Å². The summed E-state index contributed by atoms with van der Waals surface area (Å²) in [6.45, 7) is 0. The second-order valence-electron chi connectivity index (χ2n) is 4.97. The predicted octanol–water partition coefficient (Wildman–Crippen LogP) is 3.22. The Kier molecular flexibility index (Phi) is 3.11. The number of pyridine rings is 1. The highest BCUT2D eigenvalue weighted by Crippen LogP contribution is 2.34. The number of nitriles is 1. The molecule has 0 fully saturated rings. The van der Waals surface area contributed by atoms with Crippen LogP contribution in [0.5, 0.6) is 0 Å². The lowest BCUT2D eigenvalue weighted by Gasteiger charge is -2.19. The number of fused-ring (bicyclic) bond motifs is 1. The number of aryl methyl sites for hydroxylation is 1. The largest absolute Gasteiger partial charge is 0.397 e. The molecule has 2 aromatic rings. The molecule has 0 aliphatic heterocycles. The van der Waals surface area contributed by atoms with Crippen LogP contribution in [0.15, 0.2) is 24.3 Å². The molecule has 3 rings (SSSR count). The number of nitrogen functional groups attached to an aromatic ring is 1. The monoisotopic (exact) mass is 267 g/mol. The summed E-state index contributed by atoms with van der Waals surface area (Å²) in [4.78, 5) is 4.53. The molecule has 1 aliphatic carbocycles. The number of nitrogens with two attached hydrogens (primary N) is 1. The topological polar surface area (TPSA) is 62.7 Å². The van der Waals surface area contributed by atoms with Crippen LogP contribution in [0.2, 0.25) is 0 Å². The van der Waals surface area contributed by atoms with Gasteiger partial charge in [0.1, 0.15) is 17.4 Å². The third-order valence-electron chi connectivity index (χ3n) is 3.76. The second-order valence-corrected chi connectivity index (χ2v) is 4.97. The summed E-state index contributed by atoms with van der Waals surface area (Å²) in [7, 11) is 0. The lowest BCUT2D eigenvalue weighted by molar-refractivity contribution is 0.629. The minimum atomic E-state index is -0.383. The minimum Gasteiger partial charge on any atom is -0.397 e. The van der Waals surface area contributed by atoms with Crippen molar-refractivity contribution < 1.29 is 4.39 Å². The molecule has 0 saturated carbocycles. The number of hydrogen-bond donors (Lipinski definition) is 1. The SMILES string of the molecule is N#Cc1c(-c2ccccc2F)nc2c(c1N)CCCC2. The van der Waals surface area contributed by atoms with Crippen LogP contribution >= 0.6 is 0 Å². The van der Waals surface area contributed by atoms with Gasteiger partial charge < -0.3 is 5.73 Å². The lowest BCUT2D eigenvalue weighted by atomic mass is 9.91. The quantitative estimate of drug-likeness (QED) is 0.862. The maximum absolute atomic E-state index is 14.0. The van der Waals surface area contributed by atoms with Crippen molar-refractivity contribution in [2.75, 3.05) is 5.73 Å². The average Bonchev–Trinajstić information content (AvgIpc) is 2.48. The third-order valence-corrected chi connectivity index (χ3v) is 3.76. The minimum absolute atomic E-state index is 0.288. The molecule has 0 radical (unpaired) electrons. The standard InChI is InChI=1S/C16H14FN3/c17-13-7-3-1-5-10(13)16-12(9-18)15(19)11-6-2-4-8-14(11)20-16/h1,3,5,7H,2,4,6,8H2,(H2,19,20). The van der Waals surface area contributed by atoms with Gasteiger partial charge in [0, 0.05) is 11.3 Å². The lowest BCUT2D eigenvalue weighted by Crippen LogP contribution is -2.12. The van der Waals surface area contributed by atoms with Crippen LogP contribution in [0.3, 0.4) is 0 Å². The zero-order valence-corrected chi connectivity index (χ0v) is 11.0. The van der Waals surface area contributed by atoms with Crippen molar-refractivity contribution in [1.82, 2.24) is 4.98 Å². The molecule has 1 aromatic carbocycles. The van der Waals surface area contributed by atoms with E-state index in [0.29, 0.717) is 16.9 Å². The number of rotatable bonds is 1. The number of nitrogens with zero attached hydrogens (tertiary/aromatic N) is 2. The zero-order valence-electron chi connectivity index (χ0n) is 11.0. The van der Waals surface area contributed by atoms with Crippen LogP contribution in [0.1, 0.15) is 29.7 Å². The molecule has 0 amide bonds. The fourth-order valence-electron chi connectivity index (χ4n) is 2.73. The second kappa shape index (κ2) is 4.93. The van der Waals surface area contributed by atoms with E-state index in [1.165, 1.54) is 6.07 Å². The number of anilines is 1.